The largest absolute Gasteiger partial charge is 0.350 e. The molecule has 8 heteroatoms. The van der Waals surface area contributed by atoms with Crippen LogP contribution in [0.4, 0.5) is 0 Å². The van der Waals surface area contributed by atoms with Gasteiger partial charge in [0.2, 0.25) is 5.91 Å². The van der Waals surface area contributed by atoms with Crippen molar-refractivity contribution >= 4 is 35.0 Å². The molecule has 6 nitrogen and oxygen atoms in total. The Morgan fingerprint density at radius 1 is 1.12 bits per heavy atom. The zero-order valence-electron chi connectivity index (χ0n) is 20.6. The first-order valence-electron chi connectivity index (χ1n) is 12.9. The van der Waals surface area contributed by atoms with Crippen LogP contribution < -0.4 is 10.6 Å². The van der Waals surface area contributed by atoms with E-state index >= 15 is 0 Å². The number of rotatable bonds is 10. The van der Waals surface area contributed by atoms with Crippen LogP contribution >= 0.6 is 23.2 Å². The Balaban J connectivity index is 1.63. The highest BCUT2D eigenvalue weighted by molar-refractivity contribution is 6.42. The van der Waals surface area contributed by atoms with Crippen LogP contribution in [0.15, 0.2) is 18.2 Å². The fourth-order valence-electron chi connectivity index (χ4n) is 4.94. The first-order chi connectivity index (χ1) is 16.4. The molecule has 2 saturated heterocycles. The summed E-state index contributed by atoms with van der Waals surface area (Å²) in [6.45, 7) is 9.58. The average molecular weight is 512 g/mol. The number of hydrogen-bond acceptors (Lipinski definition) is 4. The summed E-state index contributed by atoms with van der Waals surface area (Å²) in [6, 6.07) is 4.71. The molecule has 1 aromatic carbocycles. The highest BCUT2D eigenvalue weighted by atomic mass is 35.5. The van der Waals surface area contributed by atoms with Gasteiger partial charge in [0.05, 0.1) is 16.1 Å². The molecule has 190 valence electrons. The first kappa shape index (κ1) is 27.3. The molecule has 0 bridgehead atoms. The van der Waals surface area contributed by atoms with Gasteiger partial charge in [0.15, 0.2) is 0 Å². The van der Waals surface area contributed by atoms with E-state index in [0.29, 0.717) is 28.1 Å². The first-order valence-corrected chi connectivity index (χ1v) is 13.7. The molecule has 0 aromatic heterocycles. The predicted molar refractivity (Wildman–Crippen MR) is 140 cm³/mol. The number of likely N-dealkylation sites (tertiary alicyclic amines) is 1. The Morgan fingerprint density at radius 2 is 1.85 bits per heavy atom. The van der Waals surface area contributed by atoms with Gasteiger partial charge in [-0.3, -0.25) is 9.59 Å². The van der Waals surface area contributed by atoms with Crippen molar-refractivity contribution in [1.82, 2.24) is 20.4 Å². The summed E-state index contributed by atoms with van der Waals surface area (Å²) in [7, 11) is 0. The summed E-state index contributed by atoms with van der Waals surface area (Å²) in [5, 5.41) is 7.40. The molecule has 2 atom stereocenters. The van der Waals surface area contributed by atoms with Gasteiger partial charge in [-0.1, -0.05) is 56.3 Å². The van der Waals surface area contributed by atoms with Crippen LogP contribution in [0.2, 0.25) is 10.0 Å². The molecule has 2 N–H and O–H groups in total. The molecule has 2 aliphatic rings. The van der Waals surface area contributed by atoms with Crippen molar-refractivity contribution in [2.24, 2.45) is 5.92 Å². The van der Waals surface area contributed by atoms with Gasteiger partial charge >= 0.3 is 0 Å². The van der Waals surface area contributed by atoms with Gasteiger partial charge < -0.3 is 20.4 Å². The van der Waals surface area contributed by atoms with Gasteiger partial charge in [-0.25, -0.2) is 0 Å². The van der Waals surface area contributed by atoms with Crippen molar-refractivity contribution in [2.75, 3.05) is 39.3 Å². The monoisotopic (exact) mass is 510 g/mol. The van der Waals surface area contributed by atoms with Gasteiger partial charge in [0, 0.05) is 37.8 Å². The van der Waals surface area contributed by atoms with E-state index in [1.807, 2.05) is 0 Å². The summed E-state index contributed by atoms with van der Waals surface area (Å²) < 4.78 is 0. The second-order valence-corrected chi connectivity index (χ2v) is 10.5. The molecule has 0 spiro atoms. The SMILES string of the molecule is CCC(CC)CN1CC[C@@H](CNC(=O)c2ccc(Cl)c(Cl)c2)N[C@@H](CCN2CCCCC2)C1=O. The summed E-state index contributed by atoms with van der Waals surface area (Å²) in [6.07, 6.45) is 7.57. The number of nitrogens with one attached hydrogen (secondary N) is 2. The minimum atomic E-state index is -0.217. The van der Waals surface area contributed by atoms with Crippen LogP contribution in [0.1, 0.15) is 69.2 Å². The smallest absolute Gasteiger partial charge is 0.251 e. The number of piperidine rings is 1. The minimum Gasteiger partial charge on any atom is -0.350 e. The van der Waals surface area contributed by atoms with Crippen molar-refractivity contribution in [3.8, 4) is 0 Å². The predicted octanol–water partition coefficient (Wildman–Crippen LogP) is 4.59. The molecule has 2 amide bonds. The van der Waals surface area contributed by atoms with Crippen LogP contribution in [-0.2, 0) is 4.79 Å². The van der Waals surface area contributed by atoms with Crippen LogP contribution in [0.5, 0.6) is 0 Å². The van der Waals surface area contributed by atoms with Gasteiger partial charge in [-0.05, 0) is 62.9 Å². The fourth-order valence-corrected chi connectivity index (χ4v) is 5.24. The van der Waals surface area contributed by atoms with Gasteiger partial charge in [0.1, 0.15) is 0 Å². The van der Waals surface area contributed by atoms with E-state index in [2.05, 4.69) is 34.3 Å². The fraction of sp³-hybridized carbons (Fsp3) is 0.692. The quantitative estimate of drug-likeness (QED) is 0.482. The maximum Gasteiger partial charge on any atom is 0.251 e. The molecule has 2 aliphatic heterocycles. The number of carbonyl (C=O) groups excluding carboxylic acids is 2. The average Bonchev–Trinajstić information content (AvgIpc) is 3.00. The molecular formula is C26H40Cl2N4O2. The van der Waals surface area contributed by atoms with Crippen LogP contribution in [0.25, 0.3) is 0 Å². The minimum absolute atomic E-state index is 0.0359. The number of benzene rings is 1. The Bertz CT molecular complexity index is 812. The highest BCUT2D eigenvalue weighted by Gasteiger charge is 2.32. The van der Waals surface area contributed by atoms with E-state index in [9.17, 15) is 9.59 Å². The van der Waals surface area contributed by atoms with Crippen LogP contribution in [0.3, 0.4) is 0 Å². The lowest BCUT2D eigenvalue weighted by Crippen LogP contribution is -2.50. The van der Waals surface area contributed by atoms with E-state index in [1.165, 1.54) is 19.3 Å². The number of hydrogen-bond donors (Lipinski definition) is 2. The van der Waals surface area contributed by atoms with Crippen LogP contribution in [0, 0.1) is 5.92 Å². The number of nitrogens with zero attached hydrogens (tertiary/aromatic N) is 2. The molecule has 2 heterocycles. The van der Waals surface area contributed by atoms with Gasteiger partial charge in [-0.15, -0.1) is 0 Å². The normalized spacial score (nSPS) is 22.1. The Hall–Kier alpha value is -1.34. The van der Waals surface area contributed by atoms with Gasteiger partial charge in [-0.2, -0.15) is 0 Å². The molecule has 0 radical (unpaired) electrons. The molecular weight excluding hydrogens is 471 g/mol. The second kappa shape index (κ2) is 13.7. The summed E-state index contributed by atoms with van der Waals surface area (Å²) in [5.41, 5.74) is 0.483. The topological polar surface area (TPSA) is 64.7 Å². The summed E-state index contributed by atoms with van der Waals surface area (Å²) in [5.74, 6) is 0.550. The molecule has 2 fully saturated rings. The molecule has 0 unspecified atom stereocenters. The van der Waals surface area contributed by atoms with Crippen molar-refractivity contribution in [1.29, 1.82) is 0 Å². The third-order valence-electron chi connectivity index (χ3n) is 7.30. The van der Waals surface area contributed by atoms with E-state index in [-0.39, 0.29) is 23.9 Å². The number of carbonyl (C=O) groups is 2. The lowest BCUT2D eigenvalue weighted by atomic mass is 10.0. The van der Waals surface area contributed by atoms with Crippen molar-refractivity contribution in [2.45, 2.75) is 70.9 Å². The molecule has 0 saturated carbocycles. The van der Waals surface area contributed by atoms with E-state index in [4.69, 9.17) is 23.2 Å². The van der Waals surface area contributed by atoms with E-state index in [1.54, 1.807) is 18.2 Å². The summed E-state index contributed by atoms with van der Waals surface area (Å²) >= 11 is 12.0. The van der Waals surface area contributed by atoms with Crippen LogP contribution in [-0.4, -0.2) is 73.0 Å². The van der Waals surface area contributed by atoms with E-state index in [0.717, 1.165) is 58.4 Å². The standard InChI is InChI=1S/C26H40Cl2N4O2/c1-3-19(4-2)18-32-15-10-21(17-29-25(33)20-8-9-22(27)23(28)16-20)30-24(26(32)34)11-14-31-12-6-5-7-13-31/h8-9,16,19,21,24,30H,3-7,10-15,17-18H2,1-2H3,(H,29,33)/t21-,24-/m0/s1. The zero-order chi connectivity index (χ0) is 24.5. The second-order valence-electron chi connectivity index (χ2n) is 9.70. The Labute approximate surface area is 214 Å². The highest BCUT2D eigenvalue weighted by Crippen LogP contribution is 2.22. The third-order valence-corrected chi connectivity index (χ3v) is 8.04. The number of halogens is 2. The maximum atomic E-state index is 13.5. The van der Waals surface area contributed by atoms with Gasteiger partial charge in [0.25, 0.3) is 5.91 Å². The molecule has 0 aliphatic carbocycles. The molecule has 3 rings (SSSR count). The third kappa shape index (κ3) is 7.84. The molecule has 1 aromatic rings. The van der Waals surface area contributed by atoms with E-state index < -0.39 is 0 Å². The number of amides is 2. The van der Waals surface area contributed by atoms with Crippen molar-refractivity contribution in [3.63, 3.8) is 0 Å². The zero-order valence-corrected chi connectivity index (χ0v) is 22.1. The lowest BCUT2D eigenvalue weighted by Gasteiger charge is -2.30. The van der Waals surface area contributed by atoms with Crippen molar-refractivity contribution < 1.29 is 9.59 Å². The maximum absolute atomic E-state index is 13.5. The van der Waals surface area contributed by atoms with Crippen molar-refractivity contribution in [3.05, 3.63) is 33.8 Å². The Morgan fingerprint density at radius 3 is 2.53 bits per heavy atom. The lowest BCUT2D eigenvalue weighted by molar-refractivity contribution is -0.133. The summed E-state index contributed by atoms with van der Waals surface area (Å²) in [4.78, 5) is 30.7. The molecule has 34 heavy (non-hydrogen) atoms. The Kier molecular flexibility index (Phi) is 11.0.